The molecule has 0 amide bonds. The quantitative estimate of drug-likeness (QED) is 0.726. The van der Waals surface area contributed by atoms with Crippen molar-refractivity contribution in [1.29, 1.82) is 0 Å². The van der Waals surface area contributed by atoms with Crippen LogP contribution in [-0.4, -0.2) is 6.54 Å². The average Bonchev–Trinajstić information content (AvgIpc) is 2.42. The van der Waals surface area contributed by atoms with E-state index in [2.05, 4.69) is 21.2 Å². The zero-order valence-corrected chi connectivity index (χ0v) is 14.1. The summed E-state index contributed by atoms with van der Waals surface area (Å²) in [5, 5.41) is 3.66. The first-order valence-corrected chi connectivity index (χ1v) is 7.84. The van der Waals surface area contributed by atoms with Crippen LogP contribution in [-0.2, 0) is 0 Å². The summed E-state index contributed by atoms with van der Waals surface area (Å²) < 4.78 is 20.8. The third kappa shape index (κ3) is 3.96. The summed E-state index contributed by atoms with van der Waals surface area (Å²) in [6.07, 6.45) is 0. The van der Waals surface area contributed by atoms with Gasteiger partial charge in [0, 0.05) is 16.1 Å². The number of nitrogens with one attached hydrogen (secondary N) is 1. The first-order chi connectivity index (χ1) is 10.0. The largest absolute Gasteiger partial charge is 0.455 e. The Balaban J connectivity index is 2.37. The normalized spacial score (nSPS) is 12.2. The van der Waals surface area contributed by atoms with E-state index in [1.165, 1.54) is 6.07 Å². The van der Waals surface area contributed by atoms with Gasteiger partial charge in [-0.1, -0.05) is 40.5 Å². The van der Waals surface area contributed by atoms with Crippen LogP contribution in [0.5, 0.6) is 11.5 Å². The van der Waals surface area contributed by atoms with Gasteiger partial charge in [0.1, 0.15) is 17.3 Å². The van der Waals surface area contributed by atoms with E-state index in [4.69, 9.17) is 16.3 Å². The number of hydrogen-bond acceptors (Lipinski definition) is 2. The van der Waals surface area contributed by atoms with Crippen LogP contribution in [0, 0.1) is 5.82 Å². The summed E-state index contributed by atoms with van der Waals surface area (Å²) in [7, 11) is 0. The second-order valence-electron chi connectivity index (χ2n) is 4.61. The second kappa shape index (κ2) is 7.25. The van der Waals surface area contributed by atoms with Gasteiger partial charge in [-0.3, -0.25) is 0 Å². The fourth-order valence-electron chi connectivity index (χ4n) is 2.11. The third-order valence-electron chi connectivity index (χ3n) is 3.07. The molecule has 1 atom stereocenters. The number of halogens is 3. The molecule has 2 aromatic carbocycles. The Bertz CT molecular complexity index is 636. The third-order valence-corrected chi connectivity index (χ3v) is 3.86. The molecule has 1 unspecified atom stereocenters. The maximum absolute atomic E-state index is 14.1. The summed E-state index contributed by atoms with van der Waals surface area (Å²) in [5.74, 6) is 0.664. The Morgan fingerprint density at radius 3 is 2.71 bits per heavy atom. The van der Waals surface area contributed by atoms with Crippen LogP contribution in [0.4, 0.5) is 4.39 Å². The van der Waals surface area contributed by atoms with Gasteiger partial charge in [0.15, 0.2) is 0 Å². The molecule has 2 rings (SSSR count). The Morgan fingerprint density at radius 2 is 2.05 bits per heavy atom. The molecule has 1 N–H and O–H groups in total. The lowest BCUT2D eigenvalue weighted by atomic mass is 10.1. The summed E-state index contributed by atoms with van der Waals surface area (Å²) in [6, 6.07) is 9.96. The monoisotopic (exact) mass is 371 g/mol. The zero-order chi connectivity index (χ0) is 15.4. The Morgan fingerprint density at radius 1 is 1.29 bits per heavy atom. The molecule has 0 heterocycles. The Kier molecular flexibility index (Phi) is 5.62. The topological polar surface area (TPSA) is 21.3 Å². The summed E-state index contributed by atoms with van der Waals surface area (Å²) in [6.45, 7) is 4.62. The smallest absolute Gasteiger partial charge is 0.146 e. The van der Waals surface area contributed by atoms with Gasteiger partial charge in [-0.25, -0.2) is 4.39 Å². The van der Waals surface area contributed by atoms with E-state index in [1.54, 1.807) is 24.3 Å². The summed E-state index contributed by atoms with van der Waals surface area (Å²) >= 11 is 9.49. The lowest BCUT2D eigenvalue weighted by Crippen LogP contribution is -2.19. The van der Waals surface area contributed by atoms with Crippen molar-refractivity contribution in [2.45, 2.75) is 19.9 Å². The van der Waals surface area contributed by atoms with E-state index >= 15 is 0 Å². The van der Waals surface area contributed by atoms with Crippen molar-refractivity contribution >= 4 is 27.5 Å². The van der Waals surface area contributed by atoms with Crippen LogP contribution in [0.15, 0.2) is 40.9 Å². The van der Waals surface area contributed by atoms with E-state index in [0.29, 0.717) is 22.1 Å². The highest BCUT2D eigenvalue weighted by atomic mass is 79.9. The maximum atomic E-state index is 14.1. The lowest BCUT2D eigenvalue weighted by molar-refractivity contribution is 0.448. The minimum absolute atomic E-state index is 0.152. The van der Waals surface area contributed by atoms with Gasteiger partial charge in [0.25, 0.3) is 0 Å². The minimum Gasteiger partial charge on any atom is -0.455 e. The van der Waals surface area contributed by atoms with Crippen molar-refractivity contribution in [2.75, 3.05) is 6.54 Å². The molecule has 5 heteroatoms. The van der Waals surface area contributed by atoms with Crippen LogP contribution >= 0.6 is 27.5 Å². The average molecular weight is 373 g/mol. The van der Waals surface area contributed by atoms with Crippen molar-refractivity contribution in [3.05, 3.63) is 57.3 Å². The van der Waals surface area contributed by atoms with Crippen LogP contribution in [0.2, 0.25) is 5.02 Å². The Hall–Kier alpha value is -1.10. The highest BCUT2D eigenvalue weighted by Crippen LogP contribution is 2.36. The molecule has 0 saturated carbocycles. The molecule has 2 nitrogen and oxygen atoms in total. The number of benzene rings is 2. The molecule has 0 spiro atoms. The molecule has 0 aliphatic rings. The molecule has 2 aromatic rings. The highest BCUT2D eigenvalue weighted by Gasteiger charge is 2.17. The standard InChI is InChI=1S/C16H16BrClFNO/c1-3-20-10(2)16-13(19)5-4-6-15(16)21-14-8-7-11(17)9-12(14)18/h4-10,20H,3H2,1-2H3. The van der Waals surface area contributed by atoms with Gasteiger partial charge < -0.3 is 10.1 Å². The summed E-state index contributed by atoms with van der Waals surface area (Å²) in [5.41, 5.74) is 0.498. The van der Waals surface area contributed by atoms with Crippen LogP contribution in [0.1, 0.15) is 25.5 Å². The van der Waals surface area contributed by atoms with Gasteiger partial charge in [-0.05, 0) is 43.8 Å². The zero-order valence-electron chi connectivity index (χ0n) is 11.8. The molecule has 0 radical (unpaired) electrons. The van der Waals surface area contributed by atoms with Crippen molar-refractivity contribution < 1.29 is 9.13 Å². The molecular weight excluding hydrogens is 357 g/mol. The molecule has 0 aromatic heterocycles. The Labute approximate surface area is 137 Å². The number of rotatable bonds is 5. The molecular formula is C16H16BrClFNO. The first-order valence-electron chi connectivity index (χ1n) is 6.67. The molecule has 0 bridgehead atoms. The van der Waals surface area contributed by atoms with Crippen LogP contribution < -0.4 is 10.1 Å². The molecule has 0 aliphatic carbocycles. The SMILES string of the molecule is CCNC(C)c1c(F)cccc1Oc1ccc(Br)cc1Cl. The molecule has 112 valence electrons. The van der Waals surface area contributed by atoms with Gasteiger partial charge in [-0.15, -0.1) is 0 Å². The van der Waals surface area contributed by atoms with Gasteiger partial charge in [-0.2, -0.15) is 0 Å². The molecule has 0 aliphatic heterocycles. The lowest BCUT2D eigenvalue weighted by Gasteiger charge is -2.18. The van der Waals surface area contributed by atoms with E-state index in [0.717, 1.165) is 11.0 Å². The van der Waals surface area contributed by atoms with E-state index in [1.807, 2.05) is 19.9 Å². The second-order valence-corrected chi connectivity index (χ2v) is 5.93. The van der Waals surface area contributed by atoms with Crippen molar-refractivity contribution in [2.24, 2.45) is 0 Å². The predicted molar refractivity (Wildman–Crippen MR) is 87.7 cm³/mol. The number of hydrogen-bond donors (Lipinski definition) is 1. The minimum atomic E-state index is -0.297. The van der Waals surface area contributed by atoms with Gasteiger partial charge in [0.2, 0.25) is 0 Å². The highest BCUT2D eigenvalue weighted by molar-refractivity contribution is 9.10. The van der Waals surface area contributed by atoms with Crippen LogP contribution in [0.25, 0.3) is 0 Å². The molecule has 0 fully saturated rings. The molecule has 21 heavy (non-hydrogen) atoms. The van der Waals surface area contributed by atoms with Gasteiger partial charge >= 0.3 is 0 Å². The predicted octanol–water partition coefficient (Wildman–Crippen LogP) is 5.70. The van der Waals surface area contributed by atoms with Crippen molar-refractivity contribution in [3.63, 3.8) is 0 Å². The number of ether oxygens (including phenoxy) is 1. The molecule has 0 saturated heterocycles. The fraction of sp³-hybridized carbons (Fsp3) is 0.250. The van der Waals surface area contributed by atoms with Gasteiger partial charge in [0.05, 0.1) is 5.02 Å². The first kappa shape index (κ1) is 16.3. The maximum Gasteiger partial charge on any atom is 0.146 e. The van der Waals surface area contributed by atoms with E-state index in [9.17, 15) is 4.39 Å². The van der Waals surface area contributed by atoms with Crippen LogP contribution in [0.3, 0.4) is 0 Å². The van der Waals surface area contributed by atoms with E-state index < -0.39 is 0 Å². The van der Waals surface area contributed by atoms with Crippen molar-refractivity contribution in [1.82, 2.24) is 5.32 Å². The van der Waals surface area contributed by atoms with Crippen molar-refractivity contribution in [3.8, 4) is 11.5 Å². The fourth-order valence-corrected chi connectivity index (χ4v) is 2.82. The van der Waals surface area contributed by atoms with E-state index in [-0.39, 0.29) is 11.9 Å². The summed E-state index contributed by atoms with van der Waals surface area (Å²) in [4.78, 5) is 0.